The van der Waals surface area contributed by atoms with Gasteiger partial charge in [-0.05, 0) is 35.6 Å². The molecule has 0 bridgehead atoms. The monoisotopic (exact) mass is 261 g/mol. The van der Waals surface area contributed by atoms with Gasteiger partial charge in [0.2, 0.25) is 5.91 Å². The first-order valence-corrected chi connectivity index (χ1v) is 6.95. The number of rotatable bonds is 2. The minimum absolute atomic E-state index is 0.00934. The van der Waals surface area contributed by atoms with Gasteiger partial charge in [-0.25, -0.2) is 0 Å². The van der Waals surface area contributed by atoms with Crippen LogP contribution in [0.25, 0.3) is 0 Å². The minimum Gasteiger partial charge on any atom is -0.493 e. The molecular weight excluding hydrogens is 242 g/mol. The Bertz CT molecular complexity index is 512. The average molecular weight is 261 g/mol. The predicted octanol–water partition coefficient (Wildman–Crippen LogP) is 1.50. The van der Waals surface area contributed by atoms with E-state index in [1.165, 1.54) is 11.1 Å². The molecule has 1 aliphatic carbocycles. The molecule has 0 radical (unpaired) electrons. The summed E-state index contributed by atoms with van der Waals surface area (Å²) in [4.78, 5) is 11.5. The zero-order valence-corrected chi connectivity index (χ0v) is 11.1. The lowest BCUT2D eigenvalue weighted by atomic mass is 9.84. The maximum atomic E-state index is 11.5. The van der Waals surface area contributed by atoms with E-state index in [1.807, 2.05) is 13.0 Å². The summed E-state index contributed by atoms with van der Waals surface area (Å²) in [6.45, 7) is 2.55. The molecular formula is C15H19NO3. The van der Waals surface area contributed by atoms with Crippen LogP contribution in [-0.2, 0) is 17.6 Å². The number of benzene rings is 1. The van der Waals surface area contributed by atoms with Crippen molar-refractivity contribution in [2.75, 3.05) is 6.61 Å². The molecule has 0 unspecified atom stereocenters. The maximum absolute atomic E-state index is 11.5. The summed E-state index contributed by atoms with van der Waals surface area (Å²) < 4.78 is 5.55. The Labute approximate surface area is 112 Å². The summed E-state index contributed by atoms with van der Waals surface area (Å²) in [6, 6.07) is 3.92. The summed E-state index contributed by atoms with van der Waals surface area (Å²) >= 11 is 0. The number of aryl methyl sites for hydroxylation is 1. The normalized spacial score (nSPS) is 24.3. The summed E-state index contributed by atoms with van der Waals surface area (Å²) in [7, 11) is 0. The molecule has 0 aromatic heterocycles. The highest BCUT2D eigenvalue weighted by Gasteiger charge is 2.30. The number of ether oxygens (including phenoxy) is 1. The molecule has 19 heavy (non-hydrogen) atoms. The molecule has 2 atom stereocenters. The fourth-order valence-electron chi connectivity index (χ4n) is 2.93. The summed E-state index contributed by atoms with van der Waals surface area (Å²) in [5.41, 5.74) is 3.34. The van der Waals surface area contributed by atoms with Crippen molar-refractivity contribution in [1.29, 1.82) is 0 Å². The van der Waals surface area contributed by atoms with Crippen LogP contribution in [0.15, 0.2) is 12.1 Å². The Morgan fingerprint density at radius 3 is 3.05 bits per heavy atom. The highest BCUT2D eigenvalue weighted by molar-refractivity contribution is 5.76. The lowest BCUT2D eigenvalue weighted by molar-refractivity contribution is -0.122. The maximum Gasteiger partial charge on any atom is 0.220 e. The number of nitrogens with one attached hydrogen (secondary N) is 1. The standard InChI is InChI=1S/C15H19NO3/c1-2-14(17)16-12-4-3-9-7-10-5-6-19-13(10)8-11(9)15(12)18/h7-8,12,15,18H,2-6H2,1H3,(H,16,17)/t12-,15-/m0/s1. The van der Waals surface area contributed by atoms with E-state index in [0.29, 0.717) is 6.42 Å². The molecule has 102 valence electrons. The number of amides is 1. The third-order valence-corrected chi connectivity index (χ3v) is 4.04. The van der Waals surface area contributed by atoms with Gasteiger partial charge in [0.15, 0.2) is 0 Å². The average Bonchev–Trinajstić information content (AvgIpc) is 2.87. The summed E-state index contributed by atoms with van der Waals surface area (Å²) in [5.74, 6) is 0.880. The van der Waals surface area contributed by atoms with E-state index in [9.17, 15) is 9.90 Å². The topological polar surface area (TPSA) is 58.6 Å². The lowest BCUT2D eigenvalue weighted by Crippen LogP contribution is -2.41. The van der Waals surface area contributed by atoms with Crippen LogP contribution in [0.4, 0.5) is 0 Å². The molecule has 1 aromatic rings. The molecule has 1 heterocycles. The van der Waals surface area contributed by atoms with Crippen molar-refractivity contribution in [3.8, 4) is 5.75 Å². The second kappa shape index (κ2) is 4.85. The lowest BCUT2D eigenvalue weighted by Gasteiger charge is -2.31. The molecule has 2 N–H and O–H groups in total. The molecule has 4 heteroatoms. The van der Waals surface area contributed by atoms with Gasteiger partial charge in [0.1, 0.15) is 5.75 Å². The SMILES string of the molecule is CCC(=O)N[C@H]1CCc2cc3c(cc2[C@@H]1O)OCC3. The van der Waals surface area contributed by atoms with Crippen LogP contribution >= 0.6 is 0 Å². The van der Waals surface area contributed by atoms with Gasteiger partial charge in [0.05, 0.1) is 18.8 Å². The van der Waals surface area contributed by atoms with Gasteiger partial charge in [-0.3, -0.25) is 4.79 Å². The number of hydrogen-bond acceptors (Lipinski definition) is 3. The van der Waals surface area contributed by atoms with Crippen LogP contribution in [0.3, 0.4) is 0 Å². The van der Waals surface area contributed by atoms with Crippen molar-refractivity contribution in [2.24, 2.45) is 0 Å². The van der Waals surface area contributed by atoms with Crippen LogP contribution < -0.4 is 10.1 Å². The van der Waals surface area contributed by atoms with Crippen LogP contribution in [0, 0.1) is 0 Å². The van der Waals surface area contributed by atoms with E-state index in [1.54, 1.807) is 0 Å². The van der Waals surface area contributed by atoms with Crippen molar-refractivity contribution in [2.45, 2.75) is 44.8 Å². The third kappa shape index (κ3) is 2.21. The van der Waals surface area contributed by atoms with Gasteiger partial charge in [-0.1, -0.05) is 13.0 Å². The van der Waals surface area contributed by atoms with Gasteiger partial charge in [-0.15, -0.1) is 0 Å². The number of carbonyl (C=O) groups excluding carboxylic acids is 1. The number of aliphatic hydroxyl groups is 1. The number of carbonyl (C=O) groups is 1. The van der Waals surface area contributed by atoms with E-state index < -0.39 is 6.10 Å². The number of aliphatic hydroxyl groups excluding tert-OH is 1. The van der Waals surface area contributed by atoms with E-state index in [0.717, 1.165) is 37.2 Å². The smallest absolute Gasteiger partial charge is 0.220 e. The first-order chi connectivity index (χ1) is 9.19. The Hall–Kier alpha value is -1.55. The zero-order chi connectivity index (χ0) is 13.4. The number of hydrogen-bond donors (Lipinski definition) is 2. The van der Waals surface area contributed by atoms with Gasteiger partial charge >= 0.3 is 0 Å². The first kappa shape index (κ1) is 12.5. The fourth-order valence-corrected chi connectivity index (χ4v) is 2.93. The van der Waals surface area contributed by atoms with Crippen molar-refractivity contribution in [3.63, 3.8) is 0 Å². The van der Waals surface area contributed by atoms with Gasteiger partial charge in [0, 0.05) is 12.8 Å². The second-order valence-corrected chi connectivity index (χ2v) is 5.27. The predicted molar refractivity (Wildman–Crippen MR) is 71.1 cm³/mol. The number of fused-ring (bicyclic) bond motifs is 2. The molecule has 0 fully saturated rings. The molecule has 1 amide bonds. The molecule has 4 nitrogen and oxygen atoms in total. The molecule has 0 saturated heterocycles. The Morgan fingerprint density at radius 1 is 1.42 bits per heavy atom. The molecule has 2 aliphatic rings. The highest BCUT2D eigenvalue weighted by Crippen LogP contribution is 2.36. The van der Waals surface area contributed by atoms with Crippen molar-refractivity contribution in [3.05, 3.63) is 28.8 Å². The van der Waals surface area contributed by atoms with E-state index in [2.05, 4.69) is 11.4 Å². The quantitative estimate of drug-likeness (QED) is 0.848. The van der Waals surface area contributed by atoms with Gasteiger partial charge in [0.25, 0.3) is 0 Å². The van der Waals surface area contributed by atoms with Crippen LogP contribution in [0.5, 0.6) is 5.75 Å². The third-order valence-electron chi connectivity index (χ3n) is 4.04. The summed E-state index contributed by atoms with van der Waals surface area (Å²) in [6.07, 6.45) is 2.46. The molecule has 3 rings (SSSR count). The van der Waals surface area contributed by atoms with Gasteiger partial charge < -0.3 is 15.2 Å². The van der Waals surface area contributed by atoms with E-state index >= 15 is 0 Å². The van der Waals surface area contributed by atoms with Crippen LogP contribution in [-0.4, -0.2) is 23.7 Å². The van der Waals surface area contributed by atoms with Gasteiger partial charge in [-0.2, -0.15) is 0 Å². The Kier molecular flexibility index (Phi) is 3.19. The molecule has 1 aliphatic heterocycles. The fraction of sp³-hybridized carbons (Fsp3) is 0.533. The second-order valence-electron chi connectivity index (χ2n) is 5.27. The highest BCUT2D eigenvalue weighted by atomic mass is 16.5. The van der Waals surface area contributed by atoms with Crippen LogP contribution in [0.1, 0.15) is 42.6 Å². The van der Waals surface area contributed by atoms with E-state index in [4.69, 9.17) is 4.74 Å². The van der Waals surface area contributed by atoms with Crippen molar-refractivity contribution in [1.82, 2.24) is 5.32 Å². The van der Waals surface area contributed by atoms with Crippen molar-refractivity contribution >= 4 is 5.91 Å². The van der Waals surface area contributed by atoms with Crippen molar-refractivity contribution < 1.29 is 14.6 Å². The zero-order valence-electron chi connectivity index (χ0n) is 11.1. The Balaban J connectivity index is 1.86. The first-order valence-electron chi connectivity index (χ1n) is 6.95. The molecule has 1 aromatic carbocycles. The van der Waals surface area contributed by atoms with Crippen LogP contribution in [0.2, 0.25) is 0 Å². The Morgan fingerprint density at radius 2 is 2.26 bits per heavy atom. The molecule has 0 spiro atoms. The summed E-state index contributed by atoms with van der Waals surface area (Å²) in [5, 5.41) is 13.3. The van der Waals surface area contributed by atoms with E-state index in [-0.39, 0.29) is 11.9 Å². The molecule has 0 saturated carbocycles. The minimum atomic E-state index is -0.631. The largest absolute Gasteiger partial charge is 0.493 e.